The molecule has 0 amide bonds. The highest BCUT2D eigenvalue weighted by molar-refractivity contribution is 6.30. The first kappa shape index (κ1) is 19.4. The molecule has 0 saturated carbocycles. The summed E-state index contributed by atoms with van der Waals surface area (Å²) in [7, 11) is 0. The van der Waals surface area contributed by atoms with Crippen LogP contribution in [0, 0.1) is 17.0 Å². The zero-order valence-corrected chi connectivity index (χ0v) is 16.7. The lowest BCUT2D eigenvalue weighted by Crippen LogP contribution is -2.46. The molecule has 0 unspecified atom stereocenters. The van der Waals surface area contributed by atoms with Gasteiger partial charge in [0.05, 0.1) is 10.6 Å². The fourth-order valence-electron chi connectivity index (χ4n) is 3.63. The standard InChI is InChI=1S/C20H20ClN5O3/c1-14-2-5-19-22-16(11-20(27)25(19)12-14)13-23-6-8-24(9-7-23)17-4-3-15(21)10-18(17)26(28)29/h2-5,10-12H,6-9,13H2,1H3. The lowest BCUT2D eigenvalue weighted by molar-refractivity contribution is -0.384. The van der Waals surface area contributed by atoms with Crippen molar-refractivity contribution in [3.63, 3.8) is 0 Å². The number of nitrogens with zero attached hydrogens (tertiary/aromatic N) is 5. The van der Waals surface area contributed by atoms with Gasteiger partial charge in [-0.2, -0.15) is 0 Å². The maximum Gasteiger partial charge on any atom is 0.294 e. The van der Waals surface area contributed by atoms with Gasteiger partial charge < -0.3 is 4.90 Å². The van der Waals surface area contributed by atoms with E-state index >= 15 is 0 Å². The summed E-state index contributed by atoms with van der Waals surface area (Å²) in [5.41, 5.74) is 2.87. The van der Waals surface area contributed by atoms with E-state index in [1.165, 1.54) is 6.07 Å². The minimum absolute atomic E-state index is 0.0189. The minimum Gasteiger partial charge on any atom is -0.363 e. The summed E-state index contributed by atoms with van der Waals surface area (Å²) in [4.78, 5) is 32.1. The molecule has 1 fully saturated rings. The molecule has 0 aliphatic carbocycles. The third kappa shape index (κ3) is 4.08. The van der Waals surface area contributed by atoms with Crippen molar-refractivity contribution in [3.05, 3.63) is 79.3 Å². The second-order valence-corrected chi connectivity index (χ2v) is 7.61. The van der Waals surface area contributed by atoms with Gasteiger partial charge in [0.25, 0.3) is 11.2 Å². The Bertz CT molecular complexity index is 1140. The van der Waals surface area contributed by atoms with Gasteiger partial charge in [-0.25, -0.2) is 4.98 Å². The first-order chi connectivity index (χ1) is 13.9. The van der Waals surface area contributed by atoms with Crippen molar-refractivity contribution in [1.82, 2.24) is 14.3 Å². The molecule has 1 saturated heterocycles. The zero-order chi connectivity index (χ0) is 20.5. The van der Waals surface area contributed by atoms with Crippen molar-refractivity contribution < 1.29 is 4.92 Å². The van der Waals surface area contributed by atoms with Crippen LogP contribution in [0.5, 0.6) is 0 Å². The Morgan fingerprint density at radius 3 is 2.62 bits per heavy atom. The highest BCUT2D eigenvalue weighted by Crippen LogP contribution is 2.31. The van der Waals surface area contributed by atoms with E-state index in [-0.39, 0.29) is 11.2 Å². The first-order valence-corrected chi connectivity index (χ1v) is 9.69. The molecule has 1 aliphatic heterocycles. The number of halogens is 1. The van der Waals surface area contributed by atoms with Crippen molar-refractivity contribution in [2.75, 3.05) is 31.1 Å². The maximum absolute atomic E-state index is 12.4. The van der Waals surface area contributed by atoms with Crippen LogP contribution in [0.4, 0.5) is 11.4 Å². The van der Waals surface area contributed by atoms with E-state index in [0.717, 1.165) is 11.3 Å². The average molecular weight is 414 g/mol. The SMILES string of the molecule is Cc1ccc2nc(CN3CCN(c4ccc(Cl)cc4[N+](=O)[O-])CC3)cc(=O)n2c1. The van der Waals surface area contributed by atoms with E-state index in [2.05, 4.69) is 9.88 Å². The normalized spacial score (nSPS) is 15.0. The molecule has 9 heteroatoms. The van der Waals surface area contributed by atoms with Gasteiger partial charge in [-0.05, 0) is 30.7 Å². The molecule has 1 aromatic carbocycles. The van der Waals surface area contributed by atoms with Crippen molar-refractivity contribution in [2.45, 2.75) is 13.5 Å². The van der Waals surface area contributed by atoms with Gasteiger partial charge in [0.15, 0.2) is 0 Å². The zero-order valence-electron chi connectivity index (χ0n) is 15.9. The minimum atomic E-state index is -0.401. The Hall–Kier alpha value is -2.97. The first-order valence-electron chi connectivity index (χ1n) is 9.31. The molecule has 4 rings (SSSR count). The van der Waals surface area contributed by atoms with Gasteiger partial charge in [-0.3, -0.25) is 24.2 Å². The van der Waals surface area contributed by atoms with E-state index < -0.39 is 4.92 Å². The molecular weight excluding hydrogens is 394 g/mol. The molecule has 8 nitrogen and oxygen atoms in total. The number of benzene rings is 1. The summed E-state index contributed by atoms with van der Waals surface area (Å²) in [5, 5.41) is 11.7. The number of hydrogen-bond donors (Lipinski definition) is 0. The number of nitro benzene ring substituents is 1. The van der Waals surface area contributed by atoms with Crippen LogP contribution in [0.25, 0.3) is 5.65 Å². The number of rotatable bonds is 4. The molecule has 0 N–H and O–H groups in total. The van der Waals surface area contributed by atoms with Crippen LogP contribution >= 0.6 is 11.6 Å². The Balaban J connectivity index is 1.47. The Kier molecular flexibility index (Phi) is 5.21. The lowest BCUT2D eigenvalue weighted by Gasteiger charge is -2.35. The lowest BCUT2D eigenvalue weighted by atomic mass is 10.2. The van der Waals surface area contributed by atoms with Gasteiger partial charge in [-0.1, -0.05) is 17.7 Å². The Morgan fingerprint density at radius 2 is 1.90 bits per heavy atom. The molecule has 0 bridgehead atoms. The van der Waals surface area contributed by atoms with E-state index in [0.29, 0.717) is 49.1 Å². The molecule has 0 radical (unpaired) electrons. The van der Waals surface area contributed by atoms with Crippen molar-refractivity contribution in [1.29, 1.82) is 0 Å². The average Bonchev–Trinajstić information content (AvgIpc) is 2.69. The number of pyridine rings is 1. The van der Waals surface area contributed by atoms with E-state index in [1.54, 1.807) is 28.8 Å². The largest absolute Gasteiger partial charge is 0.363 e. The van der Waals surface area contributed by atoms with Gasteiger partial charge in [0.1, 0.15) is 11.3 Å². The summed E-state index contributed by atoms with van der Waals surface area (Å²) < 4.78 is 1.55. The third-order valence-electron chi connectivity index (χ3n) is 5.09. The van der Waals surface area contributed by atoms with Crippen LogP contribution in [-0.4, -0.2) is 45.4 Å². The number of anilines is 1. The van der Waals surface area contributed by atoms with Crippen LogP contribution in [0.3, 0.4) is 0 Å². The summed E-state index contributed by atoms with van der Waals surface area (Å²) in [6.45, 7) is 5.23. The van der Waals surface area contributed by atoms with Crippen LogP contribution in [0.15, 0.2) is 47.4 Å². The second-order valence-electron chi connectivity index (χ2n) is 7.17. The predicted octanol–water partition coefficient (Wildman–Crippen LogP) is 2.89. The number of piperazine rings is 1. The second kappa shape index (κ2) is 7.81. The van der Waals surface area contributed by atoms with Crippen LogP contribution < -0.4 is 10.5 Å². The quantitative estimate of drug-likeness (QED) is 0.483. The van der Waals surface area contributed by atoms with Crippen molar-refractivity contribution >= 4 is 28.6 Å². The summed E-state index contributed by atoms with van der Waals surface area (Å²) in [5.74, 6) is 0. The maximum atomic E-state index is 12.4. The van der Waals surface area contributed by atoms with Crippen LogP contribution in [0.2, 0.25) is 5.02 Å². The van der Waals surface area contributed by atoms with Gasteiger partial charge in [0, 0.05) is 56.1 Å². The monoisotopic (exact) mass is 413 g/mol. The fraction of sp³-hybridized carbons (Fsp3) is 0.300. The highest BCUT2D eigenvalue weighted by Gasteiger charge is 2.24. The molecular formula is C20H20ClN5O3. The molecule has 2 aromatic heterocycles. The van der Waals surface area contributed by atoms with E-state index in [4.69, 9.17) is 11.6 Å². The molecule has 0 atom stereocenters. The predicted molar refractivity (Wildman–Crippen MR) is 112 cm³/mol. The summed E-state index contributed by atoms with van der Waals surface area (Å²) >= 11 is 5.91. The summed E-state index contributed by atoms with van der Waals surface area (Å²) in [6, 6.07) is 10.1. The number of nitro groups is 1. The third-order valence-corrected chi connectivity index (χ3v) is 5.33. The number of hydrogen-bond acceptors (Lipinski definition) is 6. The molecule has 3 heterocycles. The number of fused-ring (bicyclic) bond motifs is 1. The molecule has 1 aliphatic rings. The molecule has 0 spiro atoms. The van der Waals surface area contributed by atoms with Crippen LogP contribution in [-0.2, 0) is 6.54 Å². The number of aromatic nitrogens is 2. The van der Waals surface area contributed by atoms with Gasteiger partial charge >= 0.3 is 0 Å². The topological polar surface area (TPSA) is 84.0 Å². The van der Waals surface area contributed by atoms with Crippen LogP contribution in [0.1, 0.15) is 11.3 Å². The number of aryl methyl sites for hydroxylation is 1. The highest BCUT2D eigenvalue weighted by atomic mass is 35.5. The Morgan fingerprint density at radius 1 is 1.14 bits per heavy atom. The molecule has 29 heavy (non-hydrogen) atoms. The van der Waals surface area contributed by atoms with Gasteiger partial charge in [0.2, 0.25) is 0 Å². The van der Waals surface area contributed by atoms with E-state index in [1.807, 2.05) is 24.0 Å². The molecule has 3 aromatic rings. The Labute approximate surface area is 172 Å². The van der Waals surface area contributed by atoms with Crippen molar-refractivity contribution in [2.24, 2.45) is 0 Å². The fourth-order valence-corrected chi connectivity index (χ4v) is 3.79. The van der Waals surface area contributed by atoms with E-state index in [9.17, 15) is 14.9 Å². The molecule has 150 valence electrons. The van der Waals surface area contributed by atoms with Crippen molar-refractivity contribution in [3.8, 4) is 0 Å². The smallest absolute Gasteiger partial charge is 0.294 e. The summed E-state index contributed by atoms with van der Waals surface area (Å²) in [6.07, 6.45) is 1.78. The van der Waals surface area contributed by atoms with Gasteiger partial charge in [-0.15, -0.1) is 0 Å².